The Morgan fingerprint density at radius 1 is 1.17 bits per heavy atom. The van der Waals surface area contributed by atoms with Crippen LogP contribution in [0.15, 0.2) is 34.4 Å². The minimum Gasteiger partial charge on any atom is -0.354 e. The van der Waals surface area contributed by atoms with E-state index in [2.05, 4.69) is 10.6 Å². The zero-order chi connectivity index (χ0) is 17.5. The van der Waals surface area contributed by atoms with Crippen molar-refractivity contribution in [3.05, 3.63) is 55.6 Å². The lowest BCUT2D eigenvalue weighted by molar-refractivity contribution is -0.121. The smallest absolute Gasteiger partial charge is 0.307 e. The summed E-state index contributed by atoms with van der Waals surface area (Å²) in [4.78, 5) is 35.1. The van der Waals surface area contributed by atoms with Crippen LogP contribution < -0.4 is 15.5 Å². The number of aryl methyl sites for hydroxylation is 1. The molecule has 0 saturated heterocycles. The second-order valence-electron chi connectivity index (χ2n) is 5.16. The Bertz CT molecular complexity index is 768. The first-order valence-corrected chi connectivity index (χ1v) is 8.68. The van der Waals surface area contributed by atoms with Crippen LogP contribution in [0, 0.1) is 6.92 Å². The maximum Gasteiger partial charge on any atom is 0.307 e. The topological polar surface area (TPSA) is 80.2 Å². The molecule has 8 heteroatoms. The van der Waals surface area contributed by atoms with Crippen molar-refractivity contribution in [1.82, 2.24) is 15.2 Å². The van der Waals surface area contributed by atoms with Crippen molar-refractivity contribution >= 4 is 34.8 Å². The largest absolute Gasteiger partial charge is 0.354 e. The third-order valence-corrected chi connectivity index (χ3v) is 4.51. The zero-order valence-electron chi connectivity index (χ0n) is 13.2. The van der Waals surface area contributed by atoms with Gasteiger partial charge in [-0.25, -0.2) is 0 Å². The summed E-state index contributed by atoms with van der Waals surface area (Å²) in [5, 5.41) is 7.76. The Morgan fingerprint density at radius 2 is 1.83 bits per heavy atom. The molecule has 0 bridgehead atoms. The molecule has 1 heterocycles. The summed E-state index contributed by atoms with van der Waals surface area (Å²) in [7, 11) is 0. The van der Waals surface area contributed by atoms with E-state index < -0.39 is 0 Å². The number of thiazole rings is 1. The molecule has 128 valence electrons. The molecule has 24 heavy (non-hydrogen) atoms. The van der Waals surface area contributed by atoms with Crippen LogP contribution in [0.3, 0.4) is 0 Å². The number of hydrogen-bond donors (Lipinski definition) is 2. The fraction of sp³-hybridized carbons (Fsp3) is 0.312. The average molecular weight is 368 g/mol. The van der Waals surface area contributed by atoms with Gasteiger partial charge in [0, 0.05) is 47.7 Å². The van der Waals surface area contributed by atoms with Crippen LogP contribution in [0.1, 0.15) is 22.5 Å². The van der Waals surface area contributed by atoms with E-state index in [1.165, 1.54) is 0 Å². The zero-order valence-corrected chi connectivity index (χ0v) is 14.7. The van der Waals surface area contributed by atoms with Crippen molar-refractivity contribution in [1.29, 1.82) is 0 Å². The number of benzene rings is 1. The highest BCUT2D eigenvalue weighted by atomic mass is 35.5. The molecule has 0 radical (unpaired) electrons. The molecule has 1 aromatic carbocycles. The van der Waals surface area contributed by atoms with E-state index in [1.807, 2.05) is 6.92 Å². The van der Waals surface area contributed by atoms with E-state index in [9.17, 15) is 14.4 Å². The highest BCUT2D eigenvalue weighted by molar-refractivity contribution is 7.07. The molecule has 0 spiro atoms. The Labute approximate surface area is 148 Å². The molecule has 2 aromatic rings. The molecule has 2 rings (SSSR count). The van der Waals surface area contributed by atoms with Gasteiger partial charge in [0.15, 0.2) is 0 Å². The van der Waals surface area contributed by atoms with Crippen molar-refractivity contribution in [2.45, 2.75) is 19.9 Å². The fourth-order valence-electron chi connectivity index (χ4n) is 2.06. The van der Waals surface area contributed by atoms with Crippen LogP contribution in [-0.4, -0.2) is 29.5 Å². The number of halogens is 1. The molecule has 0 unspecified atom stereocenters. The lowest BCUT2D eigenvalue weighted by atomic mass is 10.2. The van der Waals surface area contributed by atoms with Crippen LogP contribution >= 0.6 is 22.9 Å². The summed E-state index contributed by atoms with van der Waals surface area (Å²) in [5.41, 5.74) is 1.37. The van der Waals surface area contributed by atoms with Gasteiger partial charge in [0.1, 0.15) is 0 Å². The van der Waals surface area contributed by atoms with E-state index in [1.54, 1.807) is 34.2 Å². The maximum atomic E-state index is 11.9. The standard InChI is InChI=1S/C16H18ClN3O3S/c1-11-10-24-16(23)20(11)9-6-14(21)18-7-8-19-15(22)12-2-4-13(17)5-3-12/h2-5,10H,6-9H2,1H3,(H,18,21)(H,19,22). The Morgan fingerprint density at radius 3 is 2.46 bits per heavy atom. The Hall–Kier alpha value is -2.12. The summed E-state index contributed by atoms with van der Waals surface area (Å²) >= 11 is 6.89. The number of aromatic nitrogens is 1. The van der Waals surface area contributed by atoms with Crippen molar-refractivity contribution in [3.8, 4) is 0 Å². The van der Waals surface area contributed by atoms with Gasteiger partial charge >= 0.3 is 4.87 Å². The SMILES string of the molecule is Cc1csc(=O)n1CCC(=O)NCCNC(=O)c1ccc(Cl)cc1. The number of amides is 2. The molecular weight excluding hydrogens is 350 g/mol. The number of nitrogens with one attached hydrogen (secondary N) is 2. The third-order valence-electron chi connectivity index (χ3n) is 3.38. The number of rotatable bonds is 7. The molecule has 1 aromatic heterocycles. The van der Waals surface area contributed by atoms with Gasteiger partial charge in [-0.05, 0) is 31.2 Å². The second-order valence-corrected chi connectivity index (χ2v) is 6.41. The molecule has 0 fully saturated rings. The van der Waals surface area contributed by atoms with E-state index in [0.29, 0.717) is 30.2 Å². The predicted octanol–water partition coefficient (Wildman–Crippen LogP) is 1.81. The van der Waals surface area contributed by atoms with Crippen LogP contribution in [-0.2, 0) is 11.3 Å². The van der Waals surface area contributed by atoms with Crippen molar-refractivity contribution in [2.75, 3.05) is 13.1 Å². The summed E-state index contributed by atoms with van der Waals surface area (Å²) in [5.74, 6) is -0.380. The van der Waals surface area contributed by atoms with Gasteiger partial charge in [0.2, 0.25) is 5.91 Å². The molecule has 0 aliphatic heterocycles. The summed E-state index contributed by atoms with van der Waals surface area (Å²) in [6.07, 6.45) is 0.225. The summed E-state index contributed by atoms with van der Waals surface area (Å²) in [6, 6.07) is 6.56. The summed E-state index contributed by atoms with van der Waals surface area (Å²) < 4.78 is 1.58. The molecule has 0 atom stereocenters. The van der Waals surface area contributed by atoms with Gasteiger partial charge in [0.05, 0.1) is 0 Å². The quantitative estimate of drug-likeness (QED) is 0.732. The molecular formula is C16H18ClN3O3S. The van der Waals surface area contributed by atoms with Crippen molar-refractivity contribution < 1.29 is 9.59 Å². The number of nitrogens with zero attached hydrogens (tertiary/aromatic N) is 1. The first-order chi connectivity index (χ1) is 11.5. The minimum atomic E-state index is -0.221. The van der Waals surface area contributed by atoms with Gasteiger partial charge in [-0.3, -0.25) is 14.4 Å². The first-order valence-electron chi connectivity index (χ1n) is 7.43. The molecule has 2 N–H and O–H groups in total. The fourth-order valence-corrected chi connectivity index (χ4v) is 2.94. The number of hydrogen-bond acceptors (Lipinski definition) is 4. The second kappa shape index (κ2) is 8.65. The third kappa shape index (κ3) is 5.21. The van der Waals surface area contributed by atoms with Crippen LogP contribution in [0.25, 0.3) is 0 Å². The van der Waals surface area contributed by atoms with Gasteiger partial charge in [-0.15, -0.1) is 0 Å². The number of carbonyl (C=O) groups is 2. The monoisotopic (exact) mass is 367 g/mol. The minimum absolute atomic E-state index is 0.0597. The average Bonchev–Trinajstić information content (AvgIpc) is 2.88. The Balaban J connectivity index is 1.66. The first kappa shape index (κ1) is 18.2. The van der Waals surface area contributed by atoms with Crippen molar-refractivity contribution in [2.24, 2.45) is 0 Å². The van der Waals surface area contributed by atoms with Crippen LogP contribution in [0.4, 0.5) is 0 Å². The van der Waals surface area contributed by atoms with E-state index >= 15 is 0 Å². The maximum absolute atomic E-state index is 11.9. The van der Waals surface area contributed by atoms with E-state index in [4.69, 9.17) is 11.6 Å². The molecule has 0 aliphatic carbocycles. The highest BCUT2D eigenvalue weighted by Gasteiger charge is 2.07. The predicted molar refractivity (Wildman–Crippen MR) is 94.7 cm³/mol. The van der Waals surface area contributed by atoms with Gasteiger partial charge in [-0.1, -0.05) is 22.9 Å². The normalized spacial score (nSPS) is 10.4. The van der Waals surface area contributed by atoms with Gasteiger partial charge < -0.3 is 15.2 Å². The number of carbonyl (C=O) groups excluding carboxylic acids is 2. The van der Waals surface area contributed by atoms with Crippen LogP contribution in [0.5, 0.6) is 0 Å². The van der Waals surface area contributed by atoms with E-state index in [-0.39, 0.29) is 23.1 Å². The van der Waals surface area contributed by atoms with Gasteiger partial charge in [-0.2, -0.15) is 0 Å². The van der Waals surface area contributed by atoms with Crippen LogP contribution in [0.2, 0.25) is 5.02 Å². The van der Waals surface area contributed by atoms with E-state index in [0.717, 1.165) is 17.0 Å². The molecule has 6 nitrogen and oxygen atoms in total. The highest BCUT2D eigenvalue weighted by Crippen LogP contribution is 2.09. The van der Waals surface area contributed by atoms with Gasteiger partial charge in [0.25, 0.3) is 5.91 Å². The summed E-state index contributed by atoms with van der Waals surface area (Å²) in [6.45, 7) is 2.85. The Kier molecular flexibility index (Phi) is 6.57. The lowest BCUT2D eigenvalue weighted by Gasteiger charge is -2.08. The molecule has 0 saturated carbocycles. The molecule has 0 aliphatic rings. The lowest BCUT2D eigenvalue weighted by Crippen LogP contribution is -2.35. The van der Waals surface area contributed by atoms with Crippen molar-refractivity contribution in [3.63, 3.8) is 0 Å². The molecule has 2 amide bonds.